The maximum absolute atomic E-state index is 6.12. The molecule has 2 heterocycles. The molecule has 6 heteroatoms. The van der Waals surface area contributed by atoms with Crippen molar-refractivity contribution in [1.29, 1.82) is 0 Å². The van der Waals surface area contributed by atoms with E-state index in [1.54, 1.807) is 7.11 Å². The Labute approximate surface area is 157 Å². The van der Waals surface area contributed by atoms with Crippen molar-refractivity contribution in [3.05, 3.63) is 24.3 Å². The maximum Gasteiger partial charge on any atom is 0.191 e. The quantitative estimate of drug-likeness (QED) is 0.478. The summed E-state index contributed by atoms with van der Waals surface area (Å²) >= 11 is 0. The maximum atomic E-state index is 6.12. The van der Waals surface area contributed by atoms with Crippen LogP contribution in [0, 0.1) is 0 Å². The van der Waals surface area contributed by atoms with Gasteiger partial charge in [0, 0.05) is 58.0 Å². The van der Waals surface area contributed by atoms with E-state index < -0.39 is 0 Å². The Kier molecular flexibility index (Phi) is 7.00. The number of methoxy groups -OCH3 is 1. The van der Waals surface area contributed by atoms with Crippen molar-refractivity contribution in [3.8, 4) is 5.75 Å². The van der Waals surface area contributed by atoms with Gasteiger partial charge in [-0.2, -0.15) is 0 Å². The van der Waals surface area contributed by atoms with Crippen molar-refractivity contribution >= 4 is 11.6 Å². The second-order valence-electron chi connectivity index (χ2n) is 7.17. The number of nitrogens with zero attached hydrogens (tertiary/aromatic N) is 4. The first-order valence-corrected chi connectivity index (χ1v) is 9.92. The predicted octanol–water partition coefficient (Wildman–Crippen LogP) is 2.01. The first-order chi connectivity index (χ1) is 12.8. The Morgan fingerprint density at radius 3 is 2.35 bits per heavy atom. The molecule has 2 saturated heterocycles. The molecule has 0 unspecified atom stereocenters. The number of hydrogen-bond donors (Lipinski definition) is 1. The van der Waals surface area contributed by atoms with Crippen molar-refractivity contribution in [2.45, 2.75) is 25.7 Å². The Morgan fingerprint density at radius 1 is 1.00 bits per heavy atom. The van der Waals surface area contributed by atoms with E-state index in [-0.39, 0.29) is 0 Å². The van der Waals surface area contributed by atoms with Gasteiger partial charge in [0.2, 0.25) is 0 Å². The van der Waals surface area contributed by atoms with Crippen molar-refractivity contribution in [1.82, 2.24) is 9.80 Å². The zero-order valence-electron chi connectivity index (χ0n) is 16.1. The van der Waals surface area contributed by atoms with E-state index in [1.807, 2.05) is 12.1 Å². The fourth-order valence-electron chi connectivity index (χ4n) is 3.73. The standard InChI is InChI=1S/C20H33N5O/c1-26-19-8-6-18(7-9-19)24-16-14-23(15-17-24)11-5-10-22-20(21)25-12-3-2-4-13-25/h6-9H,2-5,10-17H2,1H3,(H2,21,22). The number of guanidine groups is 1. The molecule has 0 atom stereocenters. The summed E-state index contributed by atoms with van der Waals surface area (Å²) in [6.45, 7) is 8.45. The van der Waals surface area contributed by atoms with Gasteiger partial charge in [-0.25, -0.2) is 0 Å². The minimum absolute atomic E-state index is 0.744. The van der Waals surface area contributed by atoms with Gasteiger partial charge < -0.3 is 20.3 Å². The van der Waals surface area contributed by atoms with E-state index in [0.29, 0.717) is 0 Å². The fraction of sp³-hybridized carbons (Fsp3) is 0.650. The van der Waals surface area contributed by atoms with Gasteiger partial charge >= 0.3 is 0 Å². The number of rotatable bonds is 6. The molecule has 1 aromatic carbocycles. The molecular formula is C20H33N5O. The molecular weight excluding hydrogens is 326 g/mol. The lowest BCUT2D eigenvalue weighted by atomic mass is 10.1. The second-order valence-corrected chi connectivity index (χ2v) is 7.17. The molecule has 2 aliphatic heterocycles. The molecule has 0 amide bonds. The molecule has 2 N–H and O–H groups in total. The lowest BCUT2D eigenvalue weighted by Crippen LogP contribution is -2.46. The molecule has 0 aromatic heterocycles. The third-order valence-corrected chi connectivity index (χ3v) is 5.40. The summed E-state index contributed by atoms with van der Waals surface area (Å²) in [5.74, 6) is 1.66. The highest BCUT2D eigenvalue weighted by atomic mass is 16.5. The number of piperidine rings is 1. The summed E-state index contributed by atoms with van der Waals surface area (Å²) < 4.78 is 5.23. The average Bonchev–Trinajstić information content (AvgIpc) is 2.72. The Bertz CT molecular complexity index is 560. The lowest BCUT2D eigenvalue weighted by Gasteiger charge is -2.36. The number of aliphatic imine (C=N–C) groups is 1. The van der Waals surface area contributed by atoms with Gasteiger partial charge in [0.25, 0.3) is 0 Å². The Balaban J connectivity index is 1.34. The first kappa shape index (κ1) is 18.8. The normalized spacial score (nSPS) is 19.7. The van der Waals surface area contributed by atoms with E-state index in [9.17, 15) is 0 Å². The number of ether oxygens (including phenoxy) is 1. The smallest absolute Gasteiger partial charge is 0.191 e. The number of hydrogen-bond acceptors (Lipinski definition) is 4. The average molecular weight is 360 g/mol. The van der Waals surface area contributed by atoms with Crippen LogP contribution in [-0.2, 0) is 0 Å². The van der Waals surface area contributed by atoms with Gasteiger partial charge in [0.15, 0.2) is 5.96 Å². The van der Waals surface area contributed by atoms with Crippen LogP contribution in [0.5, 0.6) is 5.75 Å². The van der Waals surface area contributed by atoms with Crippen LogP contribution in [0.2, 0.25) is 0 Å². The predicted molar refractivity (Wildman–Crippen MR) is 108 cm³/mol. The van der Waals surface area contributed by atoms with Crippen molar-refractivity contribution in [2.24, 2.45) is 10.7 Å². The van der Waals surface area contributed by atoms with Crippen molar-refractivity contribution in [3.63, 3.8) is 0 Å². The summed E-state index contributed by atoms with van der Waals surface area (Å²) in [5.41, 5.74) is 7.40. The summed E-state index contributed by atoms with van der Waals surface area (Å²) in [4.78, 5) is 11.8. The SMILES string of the molecule is COc1ccc(N2CCN(CCCN=C(N)N3CCCCC3)CC2)cc1. The number of benzene rings is 1. The minimum Gasteiger partial charge on any atom is -0.497 e. The van der Waals surface area contributed by atoms with Crippen molar-refractivity contribution < 1.29 is 4.74 Å². The van der Waals surface area contributed by atoms with Crippen LogP contribution in [-0.4, -0.2) is 75.2 Å². The van der Waals surface area contributed by atoms with Crippen molar-refractivity contribution in [2.75, 3.05) is 64.4 Å². The fourth-order valence-corrected chi connectivity index (χ4v) is 3.73. The van der Waals surface area contributed by atoms with Crippen LogP contribution in [0.15, 0.2) is 29.3 Å². The van der Waals surface area contributed by atoms with Gasteiger partial charge in [0.1, 0.15) is 5.75 Å². The van der Waals surface area contributed by atoms with Gasteiger partial charge in [-0.3, -0.25) is 9.89 Å². The third-order valence-electron chi connectivity index (χ3n) is 5.40. The first-order valence-electron chi connectivity index (χ1n) is 9.92. The number of anilines is 1. The molecule has 3 rings (SSSR count). The molecule has 0 saturated carbocycles. The van der Waals surface area contributed by atoms with E-state index in [2.05, 4.69) is 31.8 Å². The van der Waals surface area contributed by atoms with Gasteiger partial charge in [0.05, 0.1) is 7.11 Å². The molecule has 0 bridgehead atoms. The van der Waals surface area contributed by atoms with Crippen LogP contribution in [0.4, 0.5) is 5.69 Å². The van der Waals surface area contributed by atoms with Crippen LogP contribution >= 0.6 is 0 Å². The number of nitrogens with two attached hydrogens (primary N) is 1. The molecule has 6 nitrogen and oxygen atoms in total. The molecule has 26 heavy (non-hydrogen) atoms. The second kappa shape index (κ2) is 9.67. The lowest BCUT2D eigenvalue weighted by molar-refractivity contribution is 0.256. The largest absolute Gasteiger partial charge is 0.497 e. The molecule has 0 radical (unpaired) electrons. The molecule has 144 valence electrons. The van der Waals surface area contributed by atoms with Gasteiger partial charge in [-0.15, -0.1) is 0 Å². The van der Waals surface area contributed by atoms with Gasteiger partial charge in [-0.1, -0.05) is 0 Å². The van der Waals surface area contributed by atoms with Crippen LogP contribution in [0.1, 0.15) is 25.7 Å². The summed E-state index contributed by atoms with van der Waals surface area (Å²) in [6, 6.07) is 8.36. The van der Waals surface area contributed by atoms with E-state index in [1.165, 1.54) is 24.9 Å². The van der Waals surface area contributed by atoms with E-state index >= 15 is 0 Å². The minimum atomic E-state index is 0.744. The summed E-state index contributed by atoms with van der Waals surface area (Å²) in [7, 11) is 1.71. The zero-order valence-corrected chi connectivity index (χ0v) is 16.1. The van der Waals surface area contributed by atoms with Crippen LogP contribution in [0.3, 0.4) is 0 Å². The highest BCUT2D eigenvalue weighted by Gasteiger charge is 2.17. The molecule has 0 aliphatic carbocycles. The molecule has 2 aliphatic rings. The number of likely N-dealkylation sites (tertiary alicyclic amines) is 1. The molecule has 1 aromatic rings. The molecule has 0 spiro atoms. The summed E-state index contributed by atoms with van der Waals surface area (Å²) in [5, 5.41) is 0. The Morgan fingerprint density at radius 2 is 1.69 bits per heavy atom. The topological polar surface area (TPSA) is 57.3 Å². The Hall–Kier alpha value is -1.95. The van der Waals surface area contributed by atoms with Crippen LogP contribution < -0.4 is 15.4 Å². The highest BCUT2D eigenvalue weighted by molar-refractivity contribution is 5.78. The number of piperazine rings is 1. The van der Waals surface area contributed by atoms with E-state index in [4.69, 9.17) is 10.5 Å². The zero-order chi connectivity index (χ0) is 18.2. The monoisotopic (exact) mass is 359 g/mol. The molecule has 2 fully saturated rings. The van der Waals surface area contributed by atoms with E-state index in [0.717, 1.165) is 70.5 Å². The summed E-state index contributed by atoms with van der Waals surface area (Å²) in [6.07, 6.45) is 4.90. The van der Waals surface area contributed by atoms with Gasteiger partial charge in [-0.05, 0) is 49.9 Å². The highest BCUT2D eigenvalue weighted by Crippen LogP contribution is 2.20. The van der Waals surface area contributed by atoms with Crippen LogP contribution in [0.25, 0.3) is 0 Å². The third kappa shape index (κ3) is 5.27.